The predicted molar refractivity (Wildman–Crippen MR) is 47.1 cm³/mol. The van der Waals surface area contributed by atoms with E-state index in [9.17, 15) is 4.79 Å². The zero-order chi connectivity index (χ0) is 9.26. The molecule has 0 unspecified atom stereocenters. The number of aromatic nitrogens is 1. The lowest BCUT2D eigenvalue weighted by Gasteiger charge is -1.95. The molecule has 1 aromatic carbocycles. The quantitative estimate of drug-likeness (QED) is 0.594. The molecule has 0 aliphatic rings. The van der Waals surface area contributed by atoms with E-state index >= 15 is 0 Å². The first kappa shape index (κ1) is 5.89. The molecule has 0 aliphatic carbocycles. The molecule has 0 amide bonds. The van der Waals surface area contributed by atoms with Crippen molar-refractivity contribution < 1.29 is 6.17 Å². The van der Waals surface area contributed by atoms with Gasteiger partial charge in [0.05, 0.1) is 6.89 Å². The van der Waals surface area contributed by atoms with Gasteiger partial charge in [-0.15, -0.1) is 0 Å². The molecular weight excluding hydrogens is 150 g/mol. The third-order valence-electron chi connectivity index (χ3n) is 1.68. The summed E-state index contributed by atoms with van der Waals surface area (Å²) < 4.78 is 7.58. The smallest absolute Gasteiger partial charge is 0.150 e. The fourth-order valence-corrected chi connectivity index (χ4v) is 1.10. The van der Waals surface area contributed by atoms with Gasteiger partial charge in [-0.1, -0.05) is 6.04 Å². The lowest BCUT2D eigenvalue weighted by atomic mass is 10.1. The number of hydrogen-bond donors (Lipinski definition) is 0. The van der Waals surface area contributed by atoms with Crippen LogP contribution >= 0.6 is 0 Å². The van der Waals surface area contributed by atoms with Crippen molar-refractivity contribution in [2.45, 2.75) is 0 Å². The molecule has 0 radical (unpaired) electrons. The fraction of sp³-hybridized carbons (Fsp3) is 0. The Morgan fingerprint density at radius 2 is 2.42 bits per heavy atom. The van der Waals surface area contributed by atoms with Crippen molar-refractivity contribution in [3.05, 3.63) is 42.1 Å². The summed E-state index contributed by atoms with van der Waals surface area (Å²) in [6, 6.07) is 7.13. The number of fused-ring (bicyclic) bond motifs is 1. The Balaban J connectivity index is 2.81. The maximum absolute atomic E-state index is 10.5. The van der Waals surface area contributed by atoms with Gasteiger partial charge in [0.15, 0.2) is 0 Å². The molecule has 0 fully saturated rings. The van der Waals surface area contributed by atoms with Crippen LogP contribution in [0.5, 0.6) is 0 Å². The van der Waals surface area contributed by atoms with Crippen molar-refractivity contribution in [2.75, 3.05) is 0 Å². The lowest BCUT2D eigenvalue weighted by Crippen LogP contribution is -1.81. The summed E-state index contributed by atoms with van der Waals surface area (Å²) in [5, 5.41) is 0.715. The molecule has 2 heteroatoms. The molecule has 1 heterocycles. The number of nitrogens with zero attached hydrogens (tertiary/aromatic N) is 1. The van der Waals surface area contributed by atoms with E-state index in [2.05, 4.69) is 4.98 Å². The Morgan fingerprint density at radius 1 is 1.50 bits per heavy atom. The zero-order valence-corrected chi connectivity index (χ0v) is 6.32. The molecule has 2 aromatic rings. The molecule has 2 nitrogen and oxygen atoms in total. The number of pyridine rings is 1. The van der Waals surface area contributed by atoms with E-state index in [0.717, 1.165) is 11.8 Å². The van der Waals surface area contributed by atoms with Crippen LogP contribution < -0.4 is 0 Å². The van der Waals surface area contributed by atoms with Crippen LogP contribution in [0.4, 0.5) is 0 Å². The van der Waals surface area contributed by atoms with E-state index in [0.29, 0.717) is 17.0 Å². The zero-order valence-electron chi connectivity index (χ0n) is 7.32. The standard InChI is InChI=1S/C10H7NO/c12-7-8-3-4-10-9(6-8)2-1-5-11-10/h1-7H/i2D. The van der Waals surface area contributed by atoms with Crippen molar-refractivity contribution in [1.82, 2.24) is 4.98 Å². The van der Waals surface area contributed by atoms with Crippen LogP contribution in [0.3, 0.4) is 0 Å². The number of aldehydes is 1. The maximum Gasteiger partial charge on any atom is 0.150 e. The van der Waals surface area contributed by atoms with Gasteiger partial charge < -0.3 is 0 Å². The van der Waals surface area contributed by atoms with Gasteiger partial charge in [-0.05, 0) is 24.3 Å². The summed E-state index contributed by atoms with van der Waals surface area (Å²) in [6.07, 6.45) is 2.36. The van der Waals surface area contributed by atoms with Gasteiger partial charge >= 0.3 is 0 Å². The Hall–Kier alpha value is -1.70. The summed E-state index contributed by atoms with van der Waals surface area (Å²) in [6.45, 7) is 0. The van der Waals surface area contributed by atoms with Gasteiger partial charge in [0.25, 0.3) is 0 Å². The van der Waals surface area contributed by atoms with Crippen molar-refractivity contribution in [3.63, 3.8) is 0 Å². The average Bonchev–Trinajstić information content (AvgIpc) is 2.18. The van der Waals surface area contributed by atoms with Gasteiger partial charge in [-0.3, -0.25) is 9.78 Å². The molecule has 0 bridgehead atoms. The first-order valence-corrected chi connectivity index (χ1v) is 3.62. The fourth-order valence-electron chi connectivity index (χ4n) is 1.10. The normalized spacial score (nSPS) is 11.2. The summed E-state index contributed by atoms with van der Waals surface area (Å²) in [5.74, 6) is 0. The Kier molecular flexibility index (Phi) is 1.34. The SMILES string of the molecule is [2H]c1ccnc2ccc(C=O)cc12. The van der Waals surface area contributed by atoms with Crippen LogP contribution in [0.1, 0.15) is 11.7 Å². The minimum absolute atomic E-state index is 0.397. The second-order valence-electron chi connectivity index (χ2n) is 2.48. The van der Waals surface area contributed by atoms with E-state index in [1.54, 1.807) is 30.5 Å². The molecule has 0 saturated carbocycles. The molecule has 2 rings (SSSR count). The first-order chi connectivity index (χ1) is 6.31. The third kappa shape index (κ3) is 1.07. The van der Waals surface area contributed by atoms with Crippen LogP contribution in [0.25, 0.3) is 10.9 Å². The van der Waals surface area contributed by atoms with E-state index < -0.39 is 0 Å². The maximum atomic E-state index is 10.5. The van der Waals surface area contributed by atoms with E-state index in [4.69, 9.17) is 1.37 Å². The molecule has 0 spiro atoms. The van der Waals surface area contributed by atoms with Crippen LogP contribution in [0.2, 0.25) is 0 Å². The highest BCUT2D eigenvalue weighted by atomic mass is 16.1. The Bertz CT molecular complexity index is 467. The Labute approximate surface area is 71.3 Å². The average molecular weight is 158 g/mol. The highest BCUT2D eigenvalue weighted by Gasteiger charge is 1.93. The molecule has 0 atom stereocenters. The van der Waals surface area contributed by atoms with E-state index in [1.165, 1.54) is 0 Å². The number of rotatable bonds is 1. The molecule has 0 N–H and O–H groups in total. The van der Waals surface area contributed by atoms with Crippen molar-refractivity contribution in [3.8, 4) is 0 Å². The Morgan fingerprint density at radius 3 is 3.25 bits per heavy atom. The summed E-state index contributed by atoms with van der Waals surface area (Å²) in [4.78, 5) is 14.6. The monoisotopic (exact) mass is 158 g/mol. The largest absolute Gasteiger partial charge is 0.298 e. The molecule has 0 aliphatic heterocycles. The van der Waals surface area contributed by atoms with Gasteiger partial charge in [0, 0.05) is 17.1 Å². The first-order valence-electron chi connectivity index (χ1n) is 4.12. The van der Waals surface area contributed by atoms with Gasteiger partial charge in [0.2, 0.25) is 0 Å². The van der Waals surface area contributed by atoms with E-state index in [1.807, 2.05) is 0 Å². The molecule has 58 valence electrons. The summed E-state index contributed by atoms with van der Waals surface area (Å²) >= 11 is 0. The molecule has 12 heavy (non-hydrogen) atoms. The predicted octanol–water partition coefficient (Wildman–Crippen LogP) is 2.05. The minimum Gasteiger partial charge on any atom is -0.298 e. The summed E-state index contributed by atoms with van der Waals surface area (Å²) in [7, 11) is 0. The molecular formula is C10H7NO. The minimum atomic E-state index is 0.397. The van der Waals surface area contributed by atoms with Crippen molar-refractivity contribution in [2.24, 2.45) is 0 Å². The highest BCUT2D eigenvalue weighted by molar-refractivity contribution is 5.86. The van der Waals surface area contributed by atoms with Gasteiger partial charge in [0.1, 0.15) is 6.29 Å². The third-order valence-corrected chi connectivity index (χ3v) is 1.68. The van der Waals surface area contributed by atoms with Crippen molar-refractivity contribution >= 4 is 17.2 Å². The topological polar surface area (TPSA) is 30.0 Å². The second kappa shape index (κ2) is 2.74. The van der Waals surface area contributed by atoms with Crippen LogP contribution in [0.15, 0.2) is 36.5 Å². The number of benzene rings is 1. The van der Waals surface area contributed by atoms with E-state index in [-0.39, 0.29) is 0 Å². The van der Waals surface area contributed by atoms with Gasteiger partial charge in [-0.25, -0.2) is 0 Å². The van der Waals surface area contributed by atoms with Crippen molar-refractivity contribution in [1.29, 1.82) is 0 Å². The number of hydrogen-bond acceptors (Lipinski definition) is 2. The lowest BCUT2D eigenvalue weighted by molar-refractivity contribution is 0.112. The molecule has 0 saturated heterocycles. The van der Waals surface area contributed by atoms with Crippen LogP contribution in [-0.4, -0.2) is 11.3 Å². The molecule has 1 aromatic heterocycles. The van der Waals surface area contributed by atoms with Crippen LogP contribution in [-0.2, 0) is 0 Å². The van der Waals surface area contributed by atoms with Crippen LogP contribution in [0, 0.1) is 0 Å². The number of carbonyl (C=O) groups excluding carboxylic acids is 1. The summed E-state index contributed by atoms with van der Waals surface area (Å²) in [5.41, 5.74) is 1.33. The second-order valence-corrected chi connectivity index (χ2v) is 2.48. The van der Waals surface area contributed by atoms with Gasteiger partial charge in [-0.2, -0.15) is 0 Å². The highest BCUT2D eigenvalue weighted by Crippen LogP contribution is 2.11. The number of carbonyl (C=O) groups is 1.